The molecule has 1 aromatic carbocycles. The highest BCUT2D eigenvalue weighted by atomic mass is 79.9. The number of benzene rings is 1. The number of aryl methyl sites for hydroxylation is 1. The third kappa shape index (κ3) is 4.36. The fourth-order valence-corrected chi connectivity index (χ4v) is 1.86. The summed E-state index contributed by atoms with van der Waals surface area (Å²) in [5.41, 5.74) is 11.4. The van der Waals surface area contributed by atoms with Crippen LogP contribution in [0.15, 0.2) is 22.7 Å². The van der Waals surface area contributed by atoms with Gasteiger partial charge < -0.3 is 16.4 Å². The van der Waals surface area contributed by atoms with E-state index in [2.05, 4.69) is 15.9 Å². The molecule has 0 aromatic heterocycles. The molecule has 1 rings (SSSR count). The van der Waals surface area contributed by atoms with Gasteiger partial charge in [-0.05, 0) is 24.6 Å². The molecule has 3 amide bonds. The minimum absolute atomic E-state index is 0.347. The molecule has 0 bridgehead atoms. The molecule has 0 atom stereocenters. The van der Waals surface area contributed by atoms with Crippen LogP contribution < -0.4 is 11.5 Å². The fraction of sp³-hybridized carbons (Fsp3) is 0.250. The van der Waals surface area contributed by atoms with Crippen LogP contribution in [-0.2, 0) is 9.59 Å². The molecule has 0 aliphatic carbocycles. The molecule has 0 radical (unpaired) electrons. The molecular formula is C12H14BrN3O3. The van der Waals surface area contributed by atoms with Crippen molar-refractivity contribution in [2.45, 2.75) is 6.92 Å². The van der Waals surface area contributed by atoms with E-state index >= 15 is 0 Å². The number of rotatable bonds is 5. The van der Waals surface area contributed by atoms with Gasteiger partial charge in [-0.1, -0.05) is 22.0 Å². The zero-order valence-corrected chi connectivity index (χ0v) is 11.9. The van der Waals surface area contributed by atoms with Gasteiger partial charge in [0.25, 0.3) is 5.91 Å². The average molecular weight is 328 g/mol. The lowest BCUT2D eigenvalue weighted by Gasteiger charge is -2.19. The standard InChI is InChI=1S/C12H14BrN3O3/c1-7-2-3-8(4-9(7)13)12(19)16(5-10(14)17)6-11(15)18/h2-4H,5-6H2,1H3,(H2,14,17)(H2,15,18). The summed E-state index contributed by atoms with van der Waals surface area (Å²) in [5, 5.41) is 0. The van der Waals surface area contributed by atoms with E-state index in [-0.39, 0.29) is 13.1 Å². The molecule has 0 heterocycles. The summed E-state index contributed by atoms with van der Waals surface area (Å²) in [5.74, 6) is -1.89. The van der Waals surface area contributed by atoms with Gasteiger partial charge in [0.15, 0.2) is 0 Å². The molecule has 0 aliphatic heterocycles. The summed E-state index contributed by atoms with van der Waals surface area (Å²) >= 11 is 3.31. The zero-order chi connectivity index (χ0) is 14.6. The predicted molar refractivity (Wildman–Crippen MR) is 73.2 cm³/mol. The average Bonchev–Trinajstić information content (AvgIpc) is 2.29. The van der Waals surface area contributed by atoms with Crippen LogP contribution in [-0.4, -0.2) is 35.7 Å². The van der Waals surface area contributed by atoms with Gasteiger partial charge in [-0.25, -0.2) is 0 Å². The molecule has 102 valence electrons. The van der Waals surface area contributed by atoms with E-state index in [4.69, 9.17) is 11.5 Å². The Morgan fingerprint density at radius 2 is 1.68 bits per heavy atom. The number of halogens is 1. The molecule has 0 unspecified atom stereocenters. The Morgan fingerprint density at radius 3 is 2.11 bits per heavy atom. The first-order valence-electron chi connectivity index (χ1n) is 5.43. The highest BCUT2D eigenvalue weighted by Gasteiger charge is 2.19. The van der Waals surface area contributed by atoms with E-state index in [1.165, 1.54) is 0 Å². The first-order valence-corrected chi connectivity index (χ1v) is 6.22. The molecule has 0 saturated heterocycles. The normalized spacial score (nSPS) is 10.0. The highest BCUT2D eigenvalue weighted by molar-refractivity contribution is 9.10. The Balaban J connectivity index is 3.00. The topological polar surface area (TPSA) is 106 Å². The number of hydrogen-bond acceptors (Lipinski definition) is 3. The number of nitrogens with two attached hydrogens (primary N) is 2. The summed E-state index contributed by atoms with van der Waals surface area (Å²) < 4.78 is 0.761. The van der Waals surface area contributed by atoms with Crippen LogP contribution in [0.4, 0.5) is 0 Å². The Bertz CT molecular complexity index is 515. The smallest absolute Gasteiger partial charge is 0.254 e. The SMILES string of the molecule is Cc1ccc(C(=O)N(CC(N)=O)CC(N)=O)cc1Br. The molecule has 19 heavy (non-hydrogen) atoms. The zero-order valence-electron chi connectivity index (χ0n) is 10.4. The van der Waals surface area contributed by atoms with Crippen LogP contribution in [0.1, 0.15) is 15.9 Å². The lowest BCUT2D eigenvalue weighted by atomic mass is 10.1. The second-order valence-electron chi connectivity index (χ2n) is 4.06. The van der Waals surface area contributed by atoms with Crippen LogP contribution in [0.25, 0.3) is 0 Å². The Hall–Kier alpha value is -1.89. The summed E-state index contributed by atoms with van der Waals surface area (Å²) in [7, 11) is 0. The lowest BCUT2D eigenvalue weighted by molar-refractivity contribution is -0.121. The van der Waals surface area contributed by atoms with Gasteiger partial charge in [0.05, 0.1) is 0 Å². The molecule has 1 aromatic rings. The molecule has 0 saturated carbocycles. The maximum atomic E-state index is 12.2. The Labute approximate surface area is 118 Å². The van der Waals surface area contributed by atoms with Crippen molar-refractivity contribution >= 4 is 33.7 Å². The molecule has 7 heteroatoms. The third-order valence-electron chi connectivity index (χ3n) is 2.40. The quantitative estimate of drug-likeness (QED) is 0.804. The molecule has 6 nitrogen and oxygen atoms in total. The van der Waals surface area contributed by atoms with E-state index in [9.17, 15) is 14.4 Å². The van der Waals surface area contributed by atoms with Gasteiger partial charge in [0.1, 0.15) is 13.1 Å². The third-order valence-corrected chi connectivity index (χ3v) is 3.25. The second-order valence-corrected chi connectivity index (χ2v) is 4.91. The van der Waals surface area contributed by atoms with Crippen LogP contribution in [0.5, 0.6) is 0 Å². The minimum Gasteiger partial charge on any atom is -0.368 e. The number of carbonyl (C=O) groups excluding carboxylic acids is 3. The van der Waals surface area contributed by atoms with Gasteiger partial charge in [-0.15, -0.1) is 0 Å². The maximum absolute atomic E-state index is 12.2. The number of primary amides is 2. The summed E-state index contributed by atoms with van der Waals surface area (Å²) in [6.07, 6.45) is 0. The van der Waals surface area contributed by atoms with Crippen LogP contribution >= 0.6 is 15.9 Å². The predicted octanol–water partition coefficient (Wildman–Crippen LogP) is 0.170. The van der Waals surface area contributed by atoms with Crippen LogP contribution in [0.2, 0.25) is 0 Å². The van der Waals surface area contributed by atoms with Crippen LogP contribution in [0.3, 0.4) is 0 Å². The van der Waals surface area contributed by atoms with Crippen molar-refractivity contribution in [2.24, 2.45) is 11.5 Å². The van der Waals surface area contributed by atoms with Gasteiger partial charge in [0.2, 0.25) is 11.8 Å². The first-order chi connectivity index (χ1) is 8.81. The van der Waals surface area contributed by atoms with E-state index in [1.54, 1.807) is 18.2 Å². The van der Waals surface area contributed by atoms with Crippen molar-refractivity contribution in [1.82, 2.24) is 4.90 Å². The van der Waals surface area contributed by atoms with Crippen molar-refractivity contribution < 1.29 is 14.4 Å². The monoisotopic (exact) mass is 327 g/mol. The van der Waals surface area contributed by atoms with Crippen molar-refractivity contribution in [3.8, 4) is 0 Å². The maximum Gasteiger partial charge on any atom is 0.254 e. The van der Waals surface area contributed by atoms with E-state index in [1.807, 2.05) is 6.92 Å². The number of nitrogens with zero attached hydrogens (tertiary/aromatic N) is 1. The summed E-state index contributed by atoms with van der Waals surface area (Å²) in [4.78, 5) is 35.0. The number of amides is 3. The Kier molecular flexibility index (Phi) is 5.05. The first kappa shape index (κ1) is 15.2. The van der Waals surface area contributed by atoms with Crippen molar-refractivity contribution in [3.05, 3.63) is 33.8 Å². The number of hydrogen-bond donors (Lipinski definition) is 2. The molecule has 0 fully saturated rings. The van der Waals surface area contributed by atoms with E-state index in [0.29, 0.717) is 5.56 Å². The summed E-state index contributed by atoms with van der Waals surface area (Å²) in [6, 6.07) is 4.98. The Morgan fingerprint density at radius 1 is 1.16 bits per heavy atom. The lowest BCUT2D eigenvalue weighted by Crippen LogP contribution is -2.43. The summed E-state index contributed by atoms with van der Waals surface area (Å²) in [6.45, 7) is 1.17. The van der Waals surface area contributed by atoms with Crippen molar-refractivity contribution in [2.75, 3.05) is 13.1 Å². The van der Waals surface area contributed by atoms with Gasteiger partial charge in [0, 0.05) is 10.0 Å². The van der Waals surface area contributed by atoms with Gasteiger partial charge >= 0.3 is 0 Å². The fourth-order valence-electron chi connectivity index (χ4n) is 1.48. The minimum atomic E-state index is -0.708. The van der Waals surface area contributed by atoms with Gasteiger partial charge in [-0.3, -0.25) is 14.4 Å². The molecule has 0 spiro atoms. The van der Waals surface area contributed by atoms with Gasteiger partial charge in [-0.2, -0.15) is 0 Å². The molecular weight excluding hydrogens is 314 g/mol. The molecule has 4 N–H and O–H groups in total. The van der Waals surface area contributed by atoms with E-state index in [0.717, 1.165) is 14.9 Å². The second kappa shape index (κ2) is 6.33. The van der Waals surface area contributed by atoms with Crippen LogP contribution in [0, 0.1) is 6.92 Å². The van der Waals surface area contributed by atoms with Crippen molar-refractivity contribution in [1.29, 1.82) is 0 Å². The number of carbonyl (C=O) groups is 3. The van der Waals surface area contributed by atoms with E-state index < -0.39 is 17.7 Å². The van der Waals surface area contributed by atoms with Crippen molar-refractivity contribution in [3.63, 3.8) is 0 Å². The largest absolute Gasteiger partial charge is 0.368 e. The molecule has 0 aliphatic rings. The highest BCUT2D eigenvalue weighted by Crippen LogP contribution is 2.18.